The van der Waals surface area contributed by atoms with Gasteiger partial charge in [-0.25, -0.2) is 0 Å². The van der Waals surface area contributed by atoms with Crippen LogP contribution in [0.15, 0.2) is 24.3 Å². The molecule has 0 saturated heterocycles. The third-order valence-corrected chi connectivity index (χ3v) is 2.51. The van der Waals surface area contributed by atoms with E-state index >= 15 is 0 Å². The minimum absolute atomic E-state index is 0. The molecule has 1 atom stereocenters. The zero-order chi connectivity index (χ0) is 10.1. The van der Waals surface area contributed by atoms with Crippen molar-refractivity contribution < 1.29 is 9.59 Å². The number of hydrogen-bond acceptors (Lipinski definition) is 2. The highest BCUT2D eigenvalue weighted by Crippen LogP contribution is 2.25. The van der Waals surface area contributed by atoms with Crippen molar-refractivity contribution in [2.45, 2.75) is 13.3 Å². The molecule has 1 aliphatic rings. The SMILES string of the molecule is CC(=O)C1Cc2ccccc2NC1=O.Cl. The Balaban J connectivity index is 0.00000112. The van der Waals surface area contributed by atoms with Crippen molar-refractivity contribution in [2.24, 2.45) is 5.92 Å². The Morgan fingerprint density at radius 2 is 2.07 bits per heavy atom. The maximum atomic E-state index is 11.5. The molecule has 2 rings (SSSR count). The number of carbonyl (C=O) groups is 2. The van der Waals surface area contributed by atoms with E-state index in [9.17, 15) is 9.59 Å². The number of hydrogen-bond donors (Lipinski definition) is 1. The smallest absolute Gasteiger partial charge is 0.235 e. The van der Waals surface area contributed by atoms with Crippen LogP contribution in [0, 0.1) is 5.92 Å². The molecule has 0 fully saturated rings. The van der Waals surface area contributed by atoms with Gasteiger partial charge in [0.1, 0.15) is 11.7 Å². The molecule has 1 aromatic rings. The Bertz CT molecular complexity index is 403. The van der Waals surface area contributed by atoms with Crippen molar-refractivity contribution in [1.29, 1.82) is 0 Å². The number of rotatable bonds is 1. The molecule has 1 aliphatic heterocycles. The molecule has 1 amide bonds. The van der Waals surface area contributed by atoms with Crippen LogP contribution in [0.4, 0.5) is 5.69 Å². The molecule has 0 radical (unpaired) electrons. The summed E-state index contributed by atoms with van der Waals surface area (Å²) in [7, 11) is 0. The first-order valence-corrected chi connectivity index (χ1v) is 4.57. The van der Waals surface area contributed by atoms with Gasteiger partial charge in [0, 0.05) is 5.69 Å². The van der Waals surface area contributed by atoms with E-state index in [4.69, 9.17) is 0 Å². The number of anilines is 1. The second-order valence-electron chi connectivity index (χ2n) is 3.51. The molecule has 0 aliphatic carbocycles. The van der Waals surface area contributed by atoms with Crippen molar-refractivity contribution in [1.82, 2.24) is 0 Å². The predicted molar refractivity (Wildman–Crippen MR) is 60.2 cm³/mol. The highest BCUT2D eigenvalue weighted by atomic mass is 35.5. The van der Waals surface area contributed by atoms with Crippen LogP contribution < -0.4 is 5.32 Å². The van der Waals surface area contributed by atoms with Crippen LogP contribution in [0.2, 0.25) is 0 Å². The van der Waals surface area contributed by atoms with Crippen LogP contribution in [-0.2, 0) is 16.0 Å². The lowest BCUT2D eigenvalue weighted by atomic mass is 9.91. The largest absolute Gasteiger partial charge is 0.325 e. The topological polar surface area (TPSA) is 46.2 Å². The fourth-order valence-corrected chi connectivity index (χ4v) is 1.68. The first-order chi connectivity index (χ1) is 6.68. The van der Waals surface area contributed by atoms with Crippen LogP contribution >= 0.6 is 12.4 Å². The molecule has 0 aromatic heterocycles. The van der Waals surface area contributed by atoms with Gasteiger partial charge in [-0.05, 0) is 25.0 Å². The van der Waals surface area contributed by atoms with Gasteiger partial charge in [-0.1, -0.05) is 18.2 Å². The molecule has 3 nitrogen and oxygen atoms in total. The number of amides is 1. The lowest BCUT2D eigenvalue weighted by Gasteiger charge is -2.22. The van der Waals surface area contributed by atoms with Gasteiger partial charge >= 0.3 is 0 Å². The molecular weight excluding hydrogens is 214 g/mol. The van der Waals surface area contributed by atoms with E-state index in [0.29, 0.717) is 6.42 Å². The first kappa shape index (κ1) is 11.7. The summed E-state index contributed by atoms with van der Waals surface area (Å²) in [5.41, 5.74) is 1.86. The number of para-hydroxylation sites is 1. The lowest BCUT2D eigenvalue weighted by molar-refractivity contribution is -0.130. The minimum atomic E-state index is -0.509. The zero-order valence-corrected chi connectivity index (χ0v) is 9.14. The number of ketones is 1. The number of halogens is 1. The van der Waals surface area contributed by atoms with Gasteiger partial charge < -0.3 is 5.32 Å². The maximum Gasteiger partial charge on any atom is 0.235 e. The standard InChI is InChI=1S/C11H11NO2.ClH/c1-7(13)9-6-8-4-2-3-5-10(8)12-11(9)14;/h2-5,9H,6H2,1H3,(H,12,14);1H. The molecule has 1 unspecified atom stereocenters. The summed E-state index contributed by atoms with van der Waals surface area (Å²) < 4.78 is 0. The lowest BCUT2D eigenvalue weighted by Crippen LogP contribution is -2.34. The summed E-state index contributed by atoms with van der Waals surface area (Å²) in [6, 6.07) is 7.56. The van der Waals surface area contributed by atoms with E-state index in [1.165, 1.54) is 6.92 Å². The molecule has 1 N–H and O–H groups in total. The van der Waals surface area contributed by atoms with E-state index in [-0.39, 0.29) is 24.1 Å². The van der Waals surface area contributed by atoms with Crippen LogP contribution in [0.3, 0.4) is 0 Å². The van der Waals surface area contributed by atoms with Gasteiger partial charge in [-0.3, -0.25) is 9.59 Å². The quantitative estimate of drug-likeness (QED) is 0.741. The molecule has 0 spiro atoms. The second-order valence-corrected chi connectivity index (χ2v) is 3.51. The maximum absolute atomic E-state index is 11.5. The average Bonchev–Trinajstić information content (AvgIpc) is 2.16. The van der Waals surface area contributed by atoms with Gasteiger partial charge in [0.15, 0.2) is 0 Å². The molecule has 0 saturated carbocycles. The van der Waals surface area contributed by atoms with E-state index in [0.717, 1.165) is 11.3 Å². The van der Waals surface area contributed by atoms with Gasteiger partial charge in [-0.2, -0.15) is 0 Å². The van der Waals surface area contributed by atoms with Crippen LogP contribution in [0.5, 0.6) is 0 Å². The Labute approximate surface area is 94.3 Å². The molecule has 4 heteroatoms. The molecule has 0 bridgehead atoms. The summed E-state index contributed by atoms with van der Waals surface area (Å²) >= 11 is 0. The highest BCUT2D eigenvalue weighted by Gasteiger charge is 2.28. The molecule has 1 aromatic carbocycles. The number of benzene rings is 1. The Kier molecular flexibility index (Phi) is 3.48. The Hall–Kier alpha value is -1.35. The van der Waals surface area contributed by atoms with Crippen LogP contribution in [-0.4, -0.2) is 11.7 Å². The van der Waals surface area contributed by atoms with Crippen LogP contribution in [0.1, 0.15) is 12.5 Å². The predicted octanol–water partition coefficient (Wildman–Crippen LogP) is 1.81. The molecule has 80 valence electrons. The molecular formula is C11H12ClNO2. The van der Waals surface area contributed by atoms with E-state index in [1.807, 2.05) is 24.3 Å². The number of nitrogens with one attached hydrogen (secondary N) is 1. The fourth-order valence-electron chi connectivity index (χ4n) is 1.68. The second kappa shape index (κ2) is 4.45. The normalized spacial score (nSPS) is 18.5. The van der Waals surface area contributed by atoms with E-state index < -0.39 is 5.92 Å². The number of fused-ring (bicyclic) bond motifs is 1. The van der Waals surface area contributed by atoms with Gasteiger partial charge in [0.05, 0.1) is 0 Å². The fraction of sp³-hybridized carbons (Fsp3) is 0.273. The van der Waals surface area contributed by atoms with Crippen molar-refractivity contribution in [2.75, 3.05) is 5.32 Å². The van der Waals surface area contributed by atoms with Gasteiger partial charge in [-0.15, -0.1) is 12.4 Å². The zero-order valence-electron chi connectivity index (χ0n) is 8.32. The van der Waals surface area contributed by atoms with Crippen LogP contribution in [0.25, 0.3) is 0 Å². The Morgan fingerprint density at radius 1 is 1.40 bits per heavy atom. The third kappa shape index (κ3) is 2.18. The van der Waals surface area contributed by atoms with Crippen molar-refractivity contribution >= 4 is 29.8 Å². The Morgan fingerprint density at radius 3 is 2.73 bits per heavy atom. The van der Waals surface area contributed by atoms with Gasteiger partial charge in [0.25, 0.3) is 0 Å². The number of carbonyl (C=O) groups excluding carboxylic acids is 2. The van der Waals surface area contributed by atoms with Crippen molar-refractivity contribution in [3.05, 3.63) is 29.8 Å². The monoisotopic (exact) mass is 225 g/mol. The summed E-state index contributed by atoms with van der Waals surface area (Å²) in [5.74, 6) is -0.766. The summed E-state index contributed by atoms with van der Waals surface area (Å²) in [4.78, 5) is 22.6. The van der Waals surface area contributed by atoms with Crippen molar-refractivity contribution in [3.63, 3.8) is 0 Å². The molecule has 1 heterocycles. The van der Waals surface area contributed by atoms with Gasteiger partial charge in [0.2, 0.25) is 5.91 Å². The average molecular weight is 226 g/mol. The summed E-state index contributed by atoms with van der Waals surface area (Å²) in [5, 5.41) is 2.73. The summed E-state index contributed by atoms with van der Waals surface area (Å²) in [6.07, 6.45) is 0.525. The van der Waals surface area contributed by atoms with E-state index in [2.05, 4.69) is 5.32 Å². The van der Waals surface area contributed by atoms with E-state index in [1.54, 1.807) is 0 Å². The highest BCUT2D eigenvalue weighted by molar-refractivity contribution is 6.08. The summed E-state index contributed by atoms with van der Waals surface area (Å²) in [6.45, 7) is 1.46. The minimum Gasteiger partial charge on any atom is -0.325 e. The first-order valence-electron chi connectivity index (χ1n) is 4.57. The molecule has 15 heavy (non-hydrogen) atoms. The number of Topliss-reactive ketones (excluding diaryl/α,β-unsaturated/α-hetero) is 1. The van der Waals surface area contributed by atoms with Crippen molar-refractivity contribution in [3.8, 4) is 0 Å². The third-order valence-electron chi connectivity index (χ3n) is 2.51.